The summed E-state index contributed by atoms with van der Waals surface area (Å²) in [5.74, 6) is 0. The van der Waals surface area contributed by atoms with E-state index in [1.54, 1.807) is 0 Å². The van der Waals surface area contributed by atoms with Crippen molar-refractivity contribution in [3.8, 4) is 0 Å². The lowest BCUT2D eigenvalue weighted by Gasteiger charge is -2.26. The van der Waals surface area contributed by atoms with Crippen LogP contribution in [-0.4, -0.2) is 28.1 Å². The minimum atomic E-state index is -1.86. The van der Waals surface area contributed by atoms with E-state index in [4.69, 9.17) is 9.16 Å². The van der Waals surface area contributed by atoms with Crippen molar-refractivity contribution in [2.75, 3.05) is 19.8 Å². The molecule has 0 bridgehead atoms. The minimum Gasteiger partial charge on any atom is -0.413 e. The molecule has 1 aromatic rings. The number of rotatable bonds is 8. The molecule has 0 saturated carbocycles. The van der Waals surface area contributed by atoms with Crippen molar-refractivity contribution < 1.29 is 9.16 Å². The topological polar surface area (TPSA) is 18.5 Å². The van der Waals surface area contributed by atoms with Crippen LogP contribution in [0.4, 0.5) is 0 Å². The number of hydrogen-bond acceptors (Lipinski definition) is 2. The fourth-order valence-electron chi connectivity index (χ4n) is 2.09. The van der Waals surface area contributed by atoms with Crippen LogP contribution < -0.4 is 5.19 Å². The summed E-state index contributed by atoms with van der Waals surface area (Å²) < 4.78 is 11.5. The van der Waals surface area contributed by atoms with Crippen LogP contribution in [0.3, 0.4) is 0 Å². The zero-order chi connectivity index (χ0) is 14.3. The van der Waals surface area contributed by atoms with Crippen LogP contribution in [0.15, 0.2) is 30.8 Å². The Labute approximate surface area is 118 Å². The van der Waals surface area contributed by atoms with Crippen molar-refractivity contribution in [3.05, 3.63) is 36.4 Å². The van der Waals surface area contributed by atoms with Crippen molar-refractivity contribution >= 4 is 19.1 Å². The fourth-order valence-corrected chi connectivity index (χ4v) is 4.34. The molecule has 3 heteroatoms. The van der Waals surface area contributed by atoms with Gasteiger partial charge in [0.2, 0.25) is 8.32 Å². The second-order valence-corrected chi connectivity index (χ2v) is 9.08. The van der Waals surface area contributed by atoms with Gasteiger partial charge in [0, 0.05) is 19.8 Å². The number of allylic oxidation sites excluding steroid dienone is 1. The van der Waals surface area contributed by atoms with Gasteiger partial charge in [0.25, 0.3) is 0 Å². The molecule has 0 aliphatic heterocycles. The average Bonchev–Trinajstić information content (AvgIpc) is 2.38. The molecular formula is C16H26O2Si. The van der Waals surface area contributed by atoms with E-state index in [9.17, 15) is 0 Å². The second-order valence-electron chi connectivity index (χ2n) is 5.24. The summed E-state index contributed by atoms with van der Waals surface area (Å²) in [6.45, 7) is 15.0. The quantitative estimate of drug-likeness (QED) is 0.534. The summed E-state index contributed by atoms with van der Waals surface area (Å²) in [5.41, 5.74) is 2.35. The zero-order valence-electron chi connectivity index (χ0n) is 12.7. The van der Waals surface area contributed by atoms with Gasteiger partial charge in [-0.15, -0.1) is 0 Å². The second kappa shape index (κ2) is 7.63. The lowest BCUT2D eigenvalue weighted by molar-refractivity contribution is 0.130. The molecule has 1 rings (SSSR count). The molecule has 0 aliphatic carbocycles. The predicted octanol–water partition coefficient (Wildman–Crippen LogP) is 3.58. The maximum absolute atomic E-state index is 6.17. The minimum absolute atomic E-state index is 0.768. The summed E-state index contributed by atoms with van der Waals surface area (Å²) >= 11 is 0. The smallest absolute Gasteiger partial charge is 0.218 e. The lowest BCUT2D eigenvalue weighted by atomic mass is 10.1. The standard InChI is InChI=1S/C16H26O2Si/c1-6-17-12-9-13-18-19(4,5)16-11-8-7-10-15(16)14(2)3/h7-8,10-11H,2,6,9,12-13H2,1,3-5H3. The first-order valence-corrected chi connectivity index (χ1v) is 9.87. The van der Waals surface area contributed by atoms with E-state index in [1.807, 2.05) is 6.92 Å². The van der Waals surface area contributed by atoms with E-state index in [1.165, 1.54) is 10.8 Å². The molecule has 0 fully saturated rings. The van der Waals surface area contributed by atoms with E-state index in [0.717, 1.165) is 31.8 Å². The Kier molecular flexibility index (Phi) is 6.49. The van der Waals surface area contributed by atoms with Crippen molar-refractivity contribution in [2.45, 2.75) is 33.4 Å². The van der Waals surface area contributed by atoms with Crippen molar-refractivity contribution in [1.82, 2.24) is 0 Å². The molecule has 0 saturated heterocycles. The van der Waals surface area contributed by atoms with Crippen LogP contribution in [0.5, 0.6) is 0 Å². The van der Waals surface area contributed by atoms with Gasteiger partial charge in [-0.3, -0.25) is 0 Å². The summed E-state index contributed by atoms with van der Waals surface area (Å²) in [6.07, 6.45) is 0.958. The van der Waals surface area contributed by atoms with Crippen LogP contribution >= 0.6 is 0 Å². The Bertz CT molecular complexity index is 413. The Morgan fingerprint density at radius 2 is 1.89 bits per heavy atom. The van der Waals surface area contributed by atoms with E-state index in [-0.39, 0.29) is 0 Å². The van der Waals surface area contributed by atoms with Crippen LogP contribution in [-0.2, 0) is 9.16 Å². The number of benzene rings is 1. The molecule has 0 N–H and O–H groups in total. The molecular weight excluding hydrogens is 252 g/mol. The Morgan fingerprint density at radius 1 is 1.21 bits per heavy atom. The molecule has 0 spiro atoms. The van der Waals surface area contributed by atoms with Gasteiger partial charge in [-0.05, 0) is 44.1 Å². The molecule has 106 valence electrons. The van der Waals surface area contributed by atoms with Crippen LogP contribution in [0.1, 0.15) is 25.8 Å². The normalized spacial score (nSPS) is 11.6. The Hall–Kier alpha value is -0.903. The highest BCUT2D eigenvalue weighted by Gasteiger charge is 2.27. The van der Waals surface area contributed by atoms with Crippen LogP contribution in [0, 0.1) is 0 Å². The van der Waals surface area contributed by atoms with E-state index < -0.39 is 8.32 Å². The van der Waals surface area contributed by atoms with E-state index >= 15 is 0 Å². The van der Waals surface area contributed by atoms with Gasteiger partial charge in [-0.2, -0.15) is 0 Å². The Balaban J connectivity index is 2.68. The number of ether oxygens (including phenoxy) is 1. The lowest BCUT2D eigenvalue weighted by Crippen LogP contribution is -2.46. The first-order chi connectivity index (χ1) is 8.99. The predicted molar refractivity (Wildman–Crippen MR) is 85.3 cm³/mol. The molecule has 0 atom stereocenters. The van der Waals surface area contributed by atoms with Gasteiger partial charge in [0.15, 0.2) is 0 Å². The monoisotopic (exact) mass is 278 g/mol. The van der Waals surface area contributed by atoms with Gasteiger partial charge >= 0.3 is 0 Å². The van der Waals surface area contributed by atoms with Crippen molar-refractivity contribution in [2.24, 2.45) is 0 Å². The van der Waals surface area contributed by atoms with Crippen molar-refractivity contribution in [3.63, 3.8) is 0 Å². The highest BCUT2D eigenvalue weighted by molar-refractivity contribution is 6.85. The molecule has 0 unspecified atom stereocenters. The van der Waals surface area contributed by atoms with Gasteiger partial charge in [0.05, 0.1) is 0 Å². The maximum Gasteiger partial charge on any atom is 0.218 e. The van der Waals surface area contributed by atoms with E-state index in [2.05, 4.69) is 50.9 Å². The molecule has 19 heavy (non-hydrogen) atoms. The van der Waals surface area contributed by atoms with Gasteiger partial charge in [-0.25, -0.2) is 0 Å². The summed E-state index contributed by atoms with van der Waals surface area (Å²) in [7, 11) is -1.86. The first-order valence-electron chi connectivity index (χ1n) is 6.96. The summed E-state index contributed by atoms with van der Waals surface area (Å²) in [4.78, 5) is 0. The third kappa shape index (κ3) is 4.94. The maximum atomic E-state index is 6.17. The first kappa shape index (κ1) is 16.2. The Morgan fingerprint density at radius 3 is 2.53 bits per heavy atom. The fraction of sp³-hybridized carbons (Fsp3) is 0.500. The molecule has 2 nitrogen and oxygen atoms in total. The highest BCUT2D eigenvalue weighted by Crippen LogP contribution is 2.15. The van der Waals surface area contributed by atoms with E-state index in [0.29, 0.717) is 0 Å². The molecule has 0 aliphatic rings. The largest absolute Gasteiger partial charge is 0.413 e. The SMILES string of the molecule is C=C(C)c1ccccc1[Si](C)(C)OCCCOCC. The average molecular weight is 278 g/mol. The van der Waals surface area contributed by atoms with Crippen molar-refractivity contribution in [1.29, 1.82) is 0 Å². The van der Waals surface area contributed by atoms with Gasteiger partial charge in [-0.1, -0.05) is 36.4 Å². The zero-order valence-corrected chi connectivity index (χ0v) is 13.7. The molecule has 0 amide bonds. The summed E-state index contributed by atoms with van der Waals surface area (Å²) in [6, 6.07) is 8.46. The molecule has 1 aromatic carbocycles. The molecule has 0 heterocycles. The third-order valence-electron chi connectivity index (χ3n) is 3.14. The highest BCUT2D eigenvalue weighted by atomic mass is 28.4. The molecule has 0 radical (unpaired) electrons. The van der Waals surface area contributed by atoms with Gasteiger partial charge in [0.1, 0.15) is 0 Å². The molecule has 0 aromatic heterocycles. The summed E-state index contributed by atoms with van der Waals surface area (Å²) in [5, 5.41) is 1.33. The van der Waals surface area contributed by atoms with Gasteiger partial charge < -0.3 is 9.16 Å². The van der Waals surface area contributed by atoms with Crippen LogP contribution in [0.2, 0.25) is 13.1 Å². The third-order valence-corrected chi connectivity index (χ3v) is 5.79. The number of hydrogen-bond donors (Lipinski definition) is 0. The van der Waals surface area contributed by atoms with Crippen LogP contribution in [0.25, 0.3) is 5.57 Å².